The molecule has 1 saturated carbocycles. The van der Waals surface area contributed by atoms with Crippen LogP contribution in [0.15, 0.2) is 24.8 Å². The van der Waals surface area contributed by atoms with E-state index in [2.05, 4.69) is 37.6 Å². The number of esters is 2. The average Bonchev–Trinajstić information content (AvgIpc) is 2.75. The minimum Gasteiger partial charge on any atom is -0.458 e. The monoisotopic (exact) mass is 524 g/mol. The fourth-order valence-electron chi connectivity index (χ4n) is 4.48. The van der Waals surface area contributed by atoms with Crippen LogP contribution < -0.4 is 10.6 Å². The predicted molar refractivity (Wildman–Crippen MR) is 139 cm³/mol. The summed E-state index contributed by atoms with van der Waals surface area (Å²) in [6.45, 7) is 20.5. The molecule has 1 rings (SSSR count). The van der Waals surface area contributed by atoms with E-state index in [-0.39, 0.29) is 47.6 Å². The fourth-order valence-corrected chi connectivity index (χ4v) is 4.48. The van der Waals surface area contributed by atoms with E-state index in [9.17, 15) is 19.2 Å². The Labute approximate surface area is 220 Å². The maximum Gasteiger partial charge on any atom is 0.407 e. The molecule has 0 aromatic carbocycles. The number of amides is 2. The summed E-state index contributed by atoms with van der Waals surface area (Å²) in [6, 6.07) is -0.119. The van der Waals surface area contributed by atoms with Crippen molar-refractivity contribution in [1.29, 1.82) is 0 Å². The summed E-state index contributed by atoms with van der Waals surface area (Å²) in [5.74, 6) is -1.35. The Bertz CT molecular complexity index is 861. The highest BCUT2D eigenvalue weighted by Crippen LogP contribution is 2.45. The van der Waals surface area contributed by atoms with Gasteiger partial charge in [0.25, 0.3) is 0 Å². The van der Waals surface area contributed by atoms with Crippen molar-refractivity contribution in [1.82, 2.24) is 10.6 Å². The molecule has 210 valence electrons. The highest BCUT2D eigenvalue weighted by Gasteiger charge is 2.42. The second-order valence-electron chi connectivity index (χ2n) is 12.1. The van der Waals surface area contributed by atoms with Gasteiger partial charge in [-0.05, 0) is 42.4 Å². The van der Waals surface area contributed by atoms with Gasteiger partial charge >= 0.3 is 24.1 Å². The maximum atomic E-state index is 12.6. The van der Waals surface area contributed by atoms with Gasteiger partial charge in [0.15, 0.2) is 6.10 Å². The lowest BCUT2D eigenvalue weighted by molar-refractivity contribution is -0.147. The summed E-state index contributed by atoms with van der Waals surface area (Å²) in [5, 5.41) is 5.74. The highest BCUT2D eigenvalue weighted by molar-refractivity contribution is 5.87. The third kappa shape index (κ3) is 13.2. The second-order valence-corrected chi connectivity index (χ2v) is 12.1. The van der Waals surface area contributed by atoms with Crippen LogP contribution in [0, 0.1) is 16.2 Å². The third-order valence-corrected chi connectivity index (χ3v) is 5.66. The van der Waals surface area contributed by atoms with Gasteiger partial charge in [-0.25, -0.2) is 19.2 Å². The Hall–Kier alpha value is -3.04. The maximum absolute atomic E-state index is 12.6. The molecule has 10 heteroatoms. The predicted octanol–water partition coefficient (Wildman–Crippen LogP) is 4.29. The van der Waals surface area contributed by atoms with Crippen molar-refractivity contribution in [3.63, 3.8) is 0 Å². The summed E-state index contributed by atoms with van der Waals surface area (Å²) in [5.41, 5.74) is -0.365. The molecule has 0 aromatic heterocycles. The Morgan fingerprint density at radius 3 is 2.22 bits per heavy atom. The van der Waals surface area contributed by atoms with Crippen LogP contribution in [0.3, 0.4) is 0 Å². The number of hydrogen-bond donors (Lipinski definition) is 2. The summed E-state index contributed by atoms with van der Waals surface area (Å²) in [6.07, 6.45) is 0.992. The number of carbonyl (C=O) groups excluding carboxylic acids is 4. The van der Waals surface area contributed by atoms with Gasteiger partial charge in [0.1, 0.15) is 13.2 Å². The van der Waals surface area contributed by atoms with Crippen LogP contribution in [-0.2, 0) is 28.5 Å². The van der Waals surface area contributed by atoms with E-state index >= 15 is 0 Å². The first-order valence-electron chi connectivity index (χ1n) is 12.4. The van der Waals surface area contributed by atoms with E-state index in [0.717, 1.165) is 18.9 Å². The molecule has 37 heavy (non-hydrogen) atoms. The van der Waals surface area contributed by atoms with Crippen LogP contribution in [0.25, 0.3) is 0 Å². The molecule has 0 aromatic rings. The summed E-state index contributed by atoms with van der Waals surface area (Å²) >= 11 is 0. The van der Waals surface area contributed by atoms with Crippen molar-refractivity contribution in [2.75, 3.05) is 26.4 Å². The molecule has 0 radical (unpaired) electrons. The highest BCUT2D eigenvalue weighted by atomic mass is 16.6. The first-order chi connectivity index (χ1) is 16.9. The smallest absolute Gasteiger partial charge is 0.407 e. The zero-order valence-electron chi connectivity index (χ0n) is 23.4. The van der Waals surface area contributed by atoms with Crippen molar-refractivity contribution in [3.05, 3.63) is 24.8 Å². The molecule has 10 nitrogen and oxygen atoms in total. The molecule has 0 aliphatic heterocycles. The Morgan fingerprint density at radius 1 is 1.03 bits per heavy atom. The van der Waals surface area contributed by atoms with Crippen LogP contribution in [0.1, 0.15) is 67.7 Å². The van der Waals surface area contributed by atoms with Crippen molar-refractivity contribution in [2.24, 2.45) is 16.2 Å². The van der Waals surface area contributed by atoms with E-state index in [1.54, 1.807) is 0 Å². The topological polar surface area (TPSA) is 129 Å². The third-order valence-electron chi connectivity index (χ3n) is 5.66. The number of nitrogens with one attached hydrogen (secondary N) is 2. The standard InChI is InChI=1S/C27H44N2O8/c1-10-21(30)34-13-20(14-35-22(31)18(2)3)37-23(32)28-16-27(9)12-19(11-26(7,8)15-27)29-24(33)36-17-25(4,5)6/h10,19-20H,1-2,11-17H2,3-9H3,(H,28,32)(H,29,33). The SMILES string of the molecule is C=CC(=O)OCC(COC(=O)C(=C)C)OC(=O)NCC1(C)CC(NC(=O)OCC(C)(C)C)CC(C)(C)C1. The van der Waals surface area contributed by atoms with Crippen molar-refractivity contribution >= 4 is 24.1 Å². The zero-order chi connectivity index (χ0) is 28.4. The molecule has 2 N–H and O–H groups in total. The van der Waals surface area contributed by atoms with Gasteiger partial charge in [-0.3, -0.25) is 0 Å². The van der Waals surface area contributed by atoms with Crippen molar-refractivity contribution < 1.29 is 38.1 Å². The summed E-state index contributed by atoms with van der Waals surface area (Å²) in [4.78, 5) is 48.1. The molecule has 1 aliphatic carbocycles. The largest absolute Gasteiger partial charge is 0.458 e. The second kappa shape index (κ2) is 13.5. The van der Waals surface area contributed by atoms with E-state index in [0.29, 0.717) is 13.0 Å². The van der Waals surface area contributed by atoms with E-state index in [1.165, 1.54) is 6.92 Å². The van der Waals surface area contributed by atoms with Crippen molar-refractivity contribution in [3.8, 4) is 0 Å². The lowest BCUT2D eigenvalue weighted by atomic mass is 9.62. The van der Waals surface area contributed by atoms with Gasteiger partial charge in [-0.15, -0.1) is 0 Å². The number of carbonyl (C=O) groups is 4. The minimum absolute atomic E-state index is 0.0846. The van der Waals surface area contributed by atoms with Gasteiger partial charge in [-0.1, -0.05) is 54.7 Å². The molecule has 1 fully saturated rings. The van der Waals surface area contributed by atoms with Gasteiger partial charge in [-0.2, -0.15) is 0 Å². The van der Waals surface area contributed by atoms with Gasteiger partial charge in [0, 0.05) is 24.2 Å². The van der Waals surface area contributed by atoms with Gasteiger partial charge in [0.05, 0.1) is 6.61 Å². The Balaban J connectivity index is 2.74. The van der Waals surface area contributed by atoms with Crippen LogP contribution >= 0.6 is 0 Å². The van der Waals surface area contributed by atoms with Gasteiger partial charge < -0.3 is 29.6 Å². The number of alkyl carbamates (subject to hydrolysis) is 2. The van der Waals surface area contributed by atoms with E-state index in [4.69, 9.17) is 18.9 Å². The lowest BCUT2D eigenvalue weighted by Gasteiger charge is -2.46. The zero-order valence-corrected chi connectivity index (χ0v) is 23.4. The number of ether oxygens (including phenoxy) is 4. The number of rotatable bonds is 11. The Kier molecular flexibility index (Phi) is 11.7. The van der Waals surface area contributed by atoms with Gasteiger partial charge in [0.2, 0.25) is 0 Å². The molecule has 0 heterocycles. The first kappa shape index (κ1) is 32.0. The molecule has 0 saturated heterocycles. The first-order valence-corrected chi connectivity index (χ1v) is 12.4. The minimum atomic E-state index is -1.02. The van der Waals surface area contributed by atoms with E-state index in [1.807, 2.05) is 27.7 Å². The molecule has 3 atom stereocenters. The molecular weight excluding hydrogens is 480 g/mol. The molecule has 3 unspecified atom stereocenters. The Morgan fingerprint density at radius 2 is 1.65 bits per heavy atom. The molecule has 1 aliphatic rings. The van der Waals surface area contributed by atoms with Crippen LogP contribution in [-0.4, -0.2) is 62.6 Å². The normalized spacial score (nSPS) is 21.5. The number of hydrogen-bond acceptors (Lipinski definition) is 8. The van der Waals surface area contributed by atoms with Crippen LogP contribution in [0.4, 0.5) is 9.59 Å². The van der Waals surface area contributed by atoms with Crippen molar-refractivity contribution in [2.45, 2.75) is 79.9 Å². The summed E-state index contributed by atoms with van der Waals surface area (Å²) < 4.78 is 20.7. The molecule has 0 bridgehead atoms. The van der Waals surface area contributed by atoms with Crippen LogP contribution in [0.2, 0.25) is 0 Å². The molecule has 0 spiro atoms. The fraction of sp³-hybridized carbons (Fsp3) is 0.704. The van der Waals surface area contributed by atoms with Crippen LogP contribution in [0.5, 0.6) is 0 Å². The lowest BCUT2D eigenvalue weighted by Crippen LogP contribution is -2.51. The van der Waals surface area contributed by atoms with E-state index < -0.39 is 30.2 Å². The average molecular weight is 525 g/mol. The quantitative estimate of drug-likeness (QED) is 0.233. The summed E-state index contributed by atoms with van der Waals surface area (Å²) in [7, 11) is 0. The molecular formula is C27H44N2O8. The molecule has 2 amide bonds.